The summed E-state index contributed by atoms with van der Waals surface area (Å²) in [6.45, 7) is 0. The Bertz CT molecular complexity index is 473. The Kier molecular flexibility index (Phi) is 3.67. The second-order valence-corrected chi connectivity index (χ2v) is 2.86. The molecule has 10 heteroatoms. The first-order valence-corrected chi connectivity index (χ1v) is 4.09. The van der Waals surface area contributed by atoms with Gasteiger partial charge in [0.2, 0.25) is 5.95 Å². The molecule has 0 saturated carbocycles. The smallest absolute Gasteiger partial charge is 0.477 e. The molecule has 0 unspecified atom stereocenters. The molecule has 1 aromatic rings. The monoisotopic (exact) mass is 275 g/mol. The number of hydrogen-bond acceptors (Lipinski definition) is 3. The summed E-state index contributed by atoms with van der Waals surface area (Å²) in [5, 5.41) is 8.54. The van der Waals surface area contributed by atoms with E-state index in [9.17, 15) is 31.1 Å². The van der Waals surface area contributed by atoms with E-state index in [1.165, 1.54) is 0 Å². The standard InChI is InChI=1S/C8H3F6NO3/c9-3-1-2(18-8(12,13)14)4(7(16)17)5(15-3)6(10)11/h1,6H,(H,16,17). The molecule has 0 aliphatic heterocycles. The summed E-state index contributed by atoms with van der Waals surface area (Å²) in [6.07, 6.45) is -8.92. The lowest BCUT2D eigenvalue weighted by Gasteiger charge is -2.13. The Hall–Kier alpha value is -2.00. The van der Waals surface area contributed by atoms with Crippen LogP contribution in [0.15, 0.2) is 6.07 Å². The van der Waals surface area contributed by atoms with Crippen molar-refractivity contribution in [1.82, 2.24) is 4.98 Å². The van der Waals surface area contributed by atoms with E-state index in [1.807, 2.05) is 0 Å². The van der Waals surface area contributed by atoms with Crippen LogP contribution < -0.4 is 4.74 Å². The molecular formula is C8H3F6NO3. The van der Waals surface area contributed by atoms with E-state index in [1.54, 1.807) is 0 Å². The van der Waals surface area contributed by atoms with Gasteiger partial charge >= 0.3 is 12.3 Å². The zero-order valence-corrected chi connectivity index (χ0v) is 8.13. The molecule has 1 N–H and O–H groups in total. The summed E-state index contributed by atoms with van der Waals surface area (Å²) in [6, 6.07) is -0.0389. The van der Waals surface area contributed by atoms with Crippen molar-refractivity contribution in [3.63, 3.8) is 0 Å². The van der Waals surface area contributed by atoms with Gasteiger partial charge in [-0.25, -0.2) is 18.6 Å². The van der Waals surface area contributed by atoms with E-state index in [4.69, 9.17) is 5.11 Å². The third-order valence-corrected chi connectivity index (χ3v) is 1.63. The molecular weight excluding hydrogens is 272 g/mol. The third kappa shape index (κ3) is 3.25. The maximum absolute atomic E-state index is 12.7. The Balaban J connectivity index is 3.44. The van der Waals surface area contributed by atoms with Crippen molar-refractivity contribution in [2.24, 2.45) is 0 Å². The number of rotatable bonds is 3. The minimum atomic E-state index is -5.35. The summed E-state index contributed by atoms with van der Waals surface area (Å²) in [5.74, 6) is -5.44. The predicted molar refractivity (Wildman–Crippen MR) is 42.8 cm³/mol. The zero-order valence-electron chi connectivity index (χ0n) is 8.13. The van der Waals surface area contributed by atoms with Gasteiger partial charge in [0.15, 0.2) is 5.75 Å². The van der Waals surface area contributed by atoms with Crippen LogP contribution in [0.2, 0.25) is 0 Å². The number of halogens is 6. The van der Waals surface area contributed by atoms with Crippen LogP contribution in [0.1, 0.15) is 22.5 Å². The summed E-state index contributed by atoms with van der Waals surface area (Å²) in [5.41, 5.74) is -3.18. The molecule has 0 atom stereocenters. The second kappa shape index (κ2) is 4.70. The van der Waals surface area contributed by atoms with E-state index in [2.05, 4.69) is 9.72 Å². The average Bonchev–Trinajstić information content (AvgIpc) is 2.12. The quantitative estimate of drug-likeness (QED) is 0.680. The normalized spacial score (nSPS) is 11.7. The first-order valence-electron chi connectivity index (χ1n) is 4.09. The number of alkyl halides is 5. The van der Waals surface area contributed by atoms with Gasteiger partial charge in [-0.15, -0.1) is 13.2 Å². The van der Waals surface area contributed by atoms with Crippen LogP contribution >= 0.6 is 0 Å². The van der Waals surface area contributed by atoms with Crippen LogP contribution in [-0.4, -0.2) is 22.4 Å². The van der Waals surface area contributed by atoms with Gasteiger partial charge in [0.25, 0.3) is 6.43 Å². The summed E-state index contributed by atoms with van der Waals surface area (Å²) >= 11 is 0. The average molecular weight is 275 g/mol. The van der Waals surface area contributed by atoms with Gasteiger partial charge in [0.05, 0.1) is 0 Å². The Morgan fingerprint density at radius 2 is 1.94 bits per heavy atom. The minimum absolute atomic E-state index is 0.0389. The zero-order chi connectivity index (χ0) is 14.1. The van der Waals surface area contributed by atoms with E-state index >= 15 is 0 Å². The number of aromatic carboxylic acids is 1. The second-order valence-electron chi connectivity index (χ2n) is 2.86. The fraction of sp³-hybridized carbons (Fsp3) is 0.250. The maximum atomic E-state index is 12.7. The van der Waals surface area contributed by atoms with Crippen LogP contribution in [0.3, 0.4) is 0 Å². The van der Waals surface area contributed by atoms with Crippen LogP contribution in [0.5, 0.6) is 5.75 Å². The SMILES string of the molecule is O=C(O)c1c(OC(F)(F)F)cc(F)nc1C(F)F. The molecule has 1 aromatic heterocycles. The number of carboxylic acid groups (broad SMARTS) is 1. The topological polar surface area (TPSA) is 59.4 Å². The molecule has 0 aromatic carbocycles. The summed E-state index contributed by atoms with van der Waals surface area (Å²) < 4.78 is 76.3. The number of carboxylic acids is 1. The fourth-order valence-corrected chi connectivity index (χ4v) is 1.09. The molecule has 4 nitrogen and oxygen atoms in total. The minimum Gasteiger partial charge on any atom is -0.477 e. The van der Waals surface area contributed by atoms with Gasteiger partial charge < -0.3 is 9.84 Å². The molecule has 0 aliphatic carbocycles. The molecule has 0 bridgehead atoms. The van der Waals surface area contributed by atoms with Crippen LogP contribution in [0.25, 0.3) is 0 Å². The van der Waals surface area contributed by atoms with Crippen LogP contribution in [0.4, 0.5) is 26.3 Å². The molecule has 0 spiro atoms. The number of ether oxygens (including phenoxy) is 1. The summed E-state index contributed by atoms with van der Waals surface area (Å²) in [7, 11) is 0. The van der Waals surface area contributed by atoms with E-state index in [0.717, 1.165) is 0 Å². The van der Waals surface area contributed by atoms with Crippen LogP contribution in [0, 0.1) is 5.95 Å². The van der Waals surface area contributed by atoms with Gasteiger partial charge in [-0.1, -0.05) is 0 Å². The molecule has 100 valence electrons. The predicted octanol–water partition coefficient (Wildman–Crippen LogP) is 2.76. The van der Waals surface area contributed by atoms with Crippen LogP contribution in [-0.2, 0) is 0 Å². The number of nitrogens with zero attached hydrogens (tertiary/aromatic N) is 1. The van der Waals surface area contributed by atoms with Crippen molar-refractivity contribution >= 4 is 5.97 Å². The van der Waals surface area contributed by atoms with Gasteiger partial charge in [0.1, 0.15) is 11.3 Å². The molecule has 1 rings (SSSR count). The molecule has 0 aliphatic rings. The first-order chi connectivity index (χ1) is 8.11. The van der Waals surface area contributed by atoms with Crippen molar-refractivity contribution < 1.29 is 41.0 Å². The van der Waals surface area contributed by atoms with Gasteiger partial charge in [-0.05, 0) is 0 Å². The molecule has 0 amide bonds. The molecule has 1 heterocycles. The lowest BCUT2D eigenvalue weighted by molar-refractivity contribution is -0.274. The molecule has 0 fully saturated rings. The van der Waals surface area contributed by atoms with E-state index in [-0.39, 0.29) is 6.07 Å². The van der Waals surface area contributed by atoms with Crippen molar-refractivity contribution in [3.05, 3.63) is 23.3 Å². The number of hydrogen-bond donors (Lipinski definition) is 1. The first kappa shape index (κ1) is 14.1. The van der Waals surface area contributed by atoms with Crippen molar-refractivity contribution in [1.29, 1.82) is 0 Å². The lowest BCUT2D eigenvalue weighted by Crippen LogP contribution is -2.20. The summed E-state index contributed by atoms with van der Waals surface area (Å²) in [4.78, 5) is 13.1. The highest BCUT2D eigenvalue weighted by Gasteiger charge is 2.35. The van der Waals surface area contributed by atoms with Crippen molar-refractivity contribution in [3.8, 4) is 5.75 Å². The Morgan fingerprint density at radius 3 is 2.33 bits per heavy atom. The highest BCUT2D eigenvalue weighted by molar-refractivity contribution is 5.92. The molecule has 0 radical (unpaired) electrons. The number of pyridine rings is 1. The van der Waals surface area contributed by atoms with Gasteiger partial charge in [0, 0.05) is 6.07 Å². The highest BCUT2D eigenvalue weighted by atomic mass is 19.4. The fourth-order valence-electron chi connectivity index (χ4n) is 1.09. The van der Waals surface area contributed by atoms with Crippen molar-refractivity contribution in [2.75, 3.05) is 0 Å². The molecule has 18 heavy (non-hydrogen) atoms. The highest BCUT2D eigenvalue weighted by Crippen LogP contribution is 2.32. The maximum Gasteiger partial charge on any atom is 0.573 e. The van der Waals surface area contributed by atoms with E-state index < -0.39 is 41.7 Å². The molecule has 0 saturated heterocycles. The third-order valence-electron chi connectivity index (χ3n) is 1.63. The number of carbonyl (C=O) groups is 1. The largest absolute Gasteiger partial charge is 0.573 e. The van der Waals surface area contributed by atoms with E-state index in [0.29, 0.717) is 0 Å². The van der Waals surface area contributed by atoms with Gasteiger partial charge in [-0.3, -0.25) is 0 Å². The Morgan fingerprint density at radius 1 is 1.39 bits per heavy atom. The Labute approximate surface area is 94.8 Å². The van der Waals surface area contributed by atoms with Crippen molar-refractivity contribution in [2.45, 2.75) is 12.8 Å². The lowest BCUT2D eigenvalue weighted by atomic mass is 10.1. The van der Waals surface area contributed by atoms with Gasteiger partial charge in [-0.2, -0.15) is 4.39 Å². The number of aromatic nitrogens is 1.